The maximum Gasteiger partial charge on any atom is 0.410 e. The fourth-order valence-corrected chi connectivity index (χ4v) is 4.73. The van der Waals surface area contributed by atoms with Crippen LogP contribution in [0.2, 0.25) is 0 Å². The Morgan fingerprint density at radius 3 is 2.49 bits per heavy atom. The number of ether oxygens (including phenoxy) is 3. The van der Waals surface area contributed by atoms with Gasteiger partial charge in [0.05, 0.1) is 21.9 Å². The van der Waals surface area contributed by atoms with Crippen LogP contribution in [0.1, 0.15) is 61.0 Å². The number of amides is 1. The summed E-state index contributed by atoms with van der Waals surface area (Å²) >= 11 is 2.11. The van der Waals surface area contributed by atoms with E-state index in [1.807, 2.05) is 34.6 Å². The molecule has 0 aliphatic carbocycles. The molecular formula is C27H35FIN3O5. The third-order valence-corrected chi connectivity index (χ3v) is 6.95. The smallest absolute Gasteiger partial charge is 0.410 e. The molecule has 1 aliphatic heterocycles. The maximum absolute atomic E-state index is 14.5. The maximum atomic E-state index is 14.5. The molecule has 2 aromatic rings. The zero-order chi connectivity index (χ0) is 27.5. The van der Waals surface area contributed by atoms with Crippen molar-refractivity contribution in [2.75, 3.05) is 33.3 Å². The van der Waals surface area contributed by atoms with E-state index in [9.17, 15) is 14.0 Å². The Morgan fingerprint density at radius 1 is 1.19 bits per heavy atom. The average Bonchev–Trinajstić information content (AvgIpc) is 2.80. The van der Waals surface area contributed by atoms with Crippen LogP contribution in [0.15, 0.2) is 24.4 Å². The number of benzene rings is 1. The molecule has 1 aromatic heterocycles. The standard InChI is InChI=1S/C27H35FIN3O5/c1-16-10-23(21(29)11-19(16)25(33)35-7)36-24(22-12-20(28)17(2)13-30-22)15-31-8-9-32(18(3)14-31)26(34)37-27(4,5)6/h10-13,18,24H,8-9,14-15H2,1-7H3/t18-,24-/m1/s1. The molecule has 0 saturated carbocycles. The van der Waals surface area contributed by atoms with Gasteiger partial charge in [-0.05, 0) is 87.9 Å². The minimum Gasteiger partial charge on any atom is -0.482 e. The number of rotatable bonds is 6. The van der Waals surface area contributed by atoms with E-state index < -0.39 is 17.7 Å². The SMILES string of the molecule is COC(=O)c1cc(I)c(O[C@H](CN2CCN(C(=O)OC(C)(C)C)[C@H](C)C2)c2cc(F)c(C)cn2)cc1C. The van der Waals surface area contributed by atoms with E-state index in [2.05, 4.69) is 32.5 Å². The molecule has 0 bridgehead atoms. The Kier molecular flexibility index (Phi) is 9.38. The van der Waals surface area contributed by atoms with Gasteiger partial charge < -0.3 is 19.1 Å². The van der Waals surface area contributed by atoms with Gasteiger partial charge in [0.2, 0.25) is 0 Å². The molecule has 2 atom stereocenters. The second-order valence-corrected chi connectivity index (χ2v) is 11.5. The van der Waals surface area contributed by atoms with Crippen LogP contribution < -0.4 is 4.74 Å². The Balaban J connectivity index is 1.83. The number of aromatic nitrogens is 1. The van der Waals surface area contributed by atoms with Gasteiger partial charge in [-0.25, -0.2) is 14.0 Å². The van der Waals surface area contributed by atoms with Crippen molar-refractivity contribution >= 4 is 34.7 Å². The van der Waals surface area contributed by atoms with Crippen molar-refractivity contribution < 1.29 is 28.2 Å². The van der Waals surface area contributed by atoms with Crippen LogP contribution in [0.4, 0.5) is 9.18 Å². The predicted molar refractivity (Wildman–Crippen MR) is 146 cm³/mol. The quantitative estimate of drug-likeness (QED) is 0.318. The zero-order valence-electron chi connectivity index (χ0n) is 22.4. The highest BCUT2D eigenvalue weighted by molar-refractivity contribution is 14.1. The first-order chi connectivity index (χ1) is 17.3. The summed E-state index contributed by atoms with van der Waals surface area (Å²) in [5, 5.41) is 0. The molecule has 0 radical (unpaired) electrons. The molecule has 1 aliphatic rings. The minimum absolute atomic E-state index is 0.0753. The summed E-state index contributed by atoms with van der Waals surface area (Å²) in [6.07, 6.45) is 0.596. The zero-order valence-corrected chi connectivity index (χ0v) is 24.6. The van der Waals surface area contributed by atoms with Crippen molar-refractivity contribution in [3.05, 3.63) is 56.2 Å². The van der Waals surface area contributed by atoms with Gasteiger partial charge in [-0.15, -0.1) is 0 Å². The molecule has 202 valence electrons. The van der Waals surface area contributed by atoms with Crippen molar-refractivity contribution in [2.45, 2.75) is 59.3 Å². The number of halogens is 2. The molecule has 0 unspecified atom stereocenters. The van der Waals surface area contributed by atoms with E-state index >= 15 is 0 Å². The minimum atomic E-state index is -0.577. The number of hydrogen-bond donors (Lipinski definition) is 0. The highest BCUT2D eigenvalue weighted by Gasteiger charge is 2.32. The Morgan fingerprint density at radius 2 is 1.89 bits per heavy atom. The van der Waals surface area contributed by atoms with Gasteiger partial charge in [0.15, 0.2) is 6.10 Å². The Labute approximate surface area is 231 Å². The largest absolute Gasteiger partial charge is 0.482 e. The van der Waals surface area contributed by atoms with Crippen molar-refractivity contribution in [1.29, 1.82) is 0 Å². The molecule has 3 rings (SSSR count). The summed E-state index contributed by atoms with van der Waals surface area (Å²) in [6, 6.07) is 4.84. The Bertz CT molecular complexity index is 1150. The summed E-state index contributed by atoms with van der Waals surface area (Å²) in [4.78, 5) is 33.1. The number of esters is 1. The number of piperazine rings is 1. The Hall–Kier alpha value is -2.47. The first kappa shape index (κ1) is 29.1. The lowest BCUT2D eigenvalue weighted by atomic mass is 10.1. The molecule has 0 spiro atoms. The van der Waals surface area contributed by atoms with E-state index in [0.717, 1.165) is 3.57 Å². The number of methoxy groups -OCH3 is 1. The molecule has 1 amide bonds. The topological polar surface area (TPSA) is 81.2 Å². The monoisotopic (exact) mass is 627 g/mol. The highest BCUT2D eigenvalue weighted by Crippen LogP contribution is 2.31. The molecule has 8 nitrogen and oxygen atoms in total. The molecular weight excluding hydrogens is 592 g/mol. The lowest BCUT2D eigenvalue weighted by molar-refractivity contribution is -0.00321. The van der Waals surface area contributed by atoms with Crippen LogP contribution in [0.3, 0.4) is 0 Å². The van der Waals surface area contributed by atoms with Gasteiger partial charge in [-0.1, -0.05) is 0 Å². The van der Waals surface area contributed by atoms with Crippen LogP contribution in [-0.4, -0.2) is 71.8 Å². The van der Waals surface area contributed by atoms with E-state index in [-0.39, 0.29) is 18.0 Å². The first-order valence-electron chi connectivity index (χ1n) is 12.2. The van der Waals surface area contributed by atoms with Crippen molar-refractivity contribution in [1.82, 2.24) is 14.8 Å². The third kappa shape index (κ3) is 7.53. The van der Waals surface area contributed by atoms with E-state index in [1.54, 1.807) is 24.0 Å². The number of aryl methyl sites for hydroxylation is 2. The van der Waals surface area contributed by atoms with Crippen molar-refractivity contribution in [3.63, 3.8) is 0 Å². The van der Waals surface area contributed by atoms with Crippen molar-refractivity contribution in [2.24, 2.45) is 0 Å². The third-order valence-electron chi connectivity index (χ3n) is 6.11. The van der Waals surface area contributed by atoms with Crippen LogP contribution in [-0.2, 0) is 9.47 Å². The number of hydrogen-bond acceptors (Lipinski definition) is 7. The second-order valence-electron chi connectivity index (χ2n) is 10.3. The summed E-state index contributed by atoms with van der Waals surface area (Å²) in [5.74, 6) is -0.203. The number of carbonyl (C=O) groups is 2. The van der Waals surface area contributed by atoms with Gasteiger partial charge in [-0.2, -0.15) is 0 Å². The molecule has 0 N–H and O–H groups in total. The molecule has 1 saturated heterocycles. The van der Waals surface area contributed by atoms with Gasteiger partial charge in [0.1, 0.15) is 17.2 Å². The second kappa shape index (κ2) is 11.9. The van der Waals surface area contributed by atoms with Gasteiger partial charge in [0, 0.05) is 44.0 Å². The summed E-state index contributed by atoms with van der Waals surface area (Å²) < 4.78 is 32.1. The molecule has 37 heavy (non-hydrogen) atoms. The van der Waals surface area contributed by atoms with Crippen LogP contribution in [0.25, 0.3) is 0 Å². The van der Waals surface area contributed by atoms with Crippen LogP contribution in [0, 0.1) is 23.2 Å². The number of nitrogens with zero attached hydrogens (tertiary/aromatic N) is 3. The lowest BCUT2D eigenvalue weighted by Crippen LogP contribution is -2.55. The fourth-order valence-electron chi connectivity index (χ4n) is 4.13. The van der Waals surface area contributed by atoms with Gasteiger partial charge in [0.25, 0.3) is 0 Å². The average molecular weight is 627 g/mol. The molecule has 1 fully saturated rings. The predicted octanol–water partition coefficient (Wildman–Crippen LogP) is 5.29. The van der Waals surface area contributed by atoms with Crippen LogP contribution in [0.5, 0.6) is 5.75 Å². The summed E-state index contributed by atoms with van der Waals surface area (Å²) in [5.41, 5.74) is 1.53. The van der Waals surface area contributed by atoms with Gasteiger partial charge in [-0.3, -0.25) is 9.88 Å². The molecule has 2 heterocycles. The van der Waals surface area contributed by atoms with Crippen LogP contribution >= 0.6 is 22.6 Å². The first-order valence-corrected chi connectivity index (χ1v) is 13.3. The number of carbonyl (C=O) groups excluding carboxylic acids is 2. The van der Waals surface area contributed by atoms with Crippen molar-refractivity contribution in [3.8, 4) is 5.75 Å². The highest BCUT2D eigenvalue weighted by atomic mass is 127. The molecule has 1 aromatic carbocycles. The van der Waals surface area contributed by atoms with Gasteiger partial charge >= 0.3 is 12.1 Å². The van der Waals surface area contributed by atoms with E-state index in [4.69, 9.17) is 14.2 Å². The fraction of sp³-hybridized carbons (Fsp3) is 0.519. The summed E-state index contributed by atoms with van der Waals surface area (Å²) in [7, 11) is 1.34. The van der Waals surface area contributed by atoms with E-state index in [1.165, 1.54) is 19.4 Å². The molecule has 10 heteroatoms. The van der Waals surface area contributed by atoms with E-state index in [0.29, 0.717) is 54.3 Å². The number of pyridine rings is 1. The summed E-state index contributed by atoms with van der Waals surface area (Å²) in [6.45, 7) is 13.2. The normalized spacial score (nSPS) is 17.3. The lowest BCUT2D eigenvalue weighted by Gasteiger charge is -2.41.